The molecule has 2 heterocycles. The number of aliphatic hydroxyl groups is 1. The van der Waals surface area contributed by atoms with E-state index in [1.165, 1.54) is 18.2 Å². The van der Waals surface area contributed by atoms with E-state index in [1.807, 2.05) is 0 Å². The maximum absolute atomic E-state index is 12.7. The summed E-state index contributed by atoms with van der Waals surface area (Å²) < 4.78 is 0. The van der Waals surface area contributed by atoms with Gasteiger partial charge >= 0.3 is 0 Å². The molecule has 7 heteroatoms. The van der Waals surface area contributed by atoms with Gasteiger partial charge in [-0.2, -0.15) is 0 Å². The maximum atomic E-state index is 12.7. The number of halogens is 1. The van der Waals surface area contributed by atoms with E-state index < -0.39 is 4.92 Å². The zero-order chi connectivity index (χ0) is 15.1. The molecule has 6 nitrogen and oxygen atoms in total. The molecule has 0 spiro atoms. The average Bonchev–Trinajstić information content (AvgIpc) is 2.69. The lowest BCUT2D eigenvalue weighted by atomic mass is 9.98. The minimum atomic E-state index is -0.565. The molecular formula is C14H15ClN2O4. The maximum Gasteiger partial charge on any atom is 0.282 e. The van der Waals surface area contributed by atoms with E-state index in [-0.39, 0.29) is 35.3 Å². The van der Waals surface area contributed by atoms with Crippen LogP contribution in [0.15, 0.2) is 18.2 Å². The number of nitrogens with zero attached hydrogens (tertiary/aromatic N) is 2. The molecule has 112 valence electrons. The molecule has 1 aromatic rings. The van der Waals surface area contributed by atoms with Crippen molar-refractivity contribution in [3.8, 4) is 0 Å². The second-order valence-corrected chi connectivity index (χ2v) is 6.08. The minimum Gasteiger partial charge on any atom is -0.393 e. The molecule has 2 aliphatic heterocycles. The van der Waals surface area contributed by atoms with Crippen LogP contribution >= 0.6 is 11.6 Å². The van der Waals surface area contributed by atoms with Crippen LogP contribution in [0, 0.1) is 10.1 Å². The van der Waals surface area contributed by atoms with Gasteiger partial charge in [0.05, 0.1) is 11.0 Å². The molecule has 0 saturated carbocycles. The van der Waals surface area contributed by atoms with E-state index >= 15 is 0 Å². The van der Waals surface area contributed by atoms with Crippen LogP contribution in [-0.4, -0.2) is 39.0 Å². The molecule has 2 bridgehead atoms. The molecule has 0 radical (unpaired) electrons. The summed E-state index contributed by atoms with van der Waals surface area (Å²) in [5.74, 6) is -0.358. The normalized spacial score (nSPS) is 27.7. The number of amides is 1. The van der Waals surface area contributed by atoms with Crippen LogP contribution in [0.4, 0.5) is 5.69 Å². The van der Waals surface area contributed by atoms with E-state index in [0.29, 0.717) is 17.9 Å². The lowest BCUT2D eigenvalue weighted by molar-refractivity contribution is -0.385. The first-order valence-electron chi connectivity index (χ1n) is 6.92. The summed E-state index contributed by atoms with van der Waals surface area (Å²) in [5, 5.41) is 21.2. The number of nitro benzene ring substituents is 1. The Morgan fingerprint density at radius 1 is 1.33 bits per heavy atom. The molecule has 21 heavy (non-hydrogen) atoms. The molecule has 0 aliphatic carbocycles. The number of benzene rings is 1. The number of aliphatic hydroxyl groups excluding tert-OH is 1. The van der Waals surface area contributed by atoms with Gasteiger partial charge in [-0.3, -0.25) is 14.9 Å². The van der Waals surface area contributed by atoms with Crippen molar-refractivity contribution in [1.29, 1.82) is 0 Å². The molecular weight excluding hydrogens is 296 g/mol. The van der Waals surface area contributed by atoms with Gasteiger partial charge in [-0.25, -0.2) is 0 Å². The summed E-state index contributed by atoms with van der Waals surface area (Å²) >= 11 is 5.88. The molecule has 0 aromatic heterocycles. The summed E-state index contributed by atoms with van der Waals surface area (Å²) in [6.45, 7) is 0. The summed E-state index contributed by atoms with van der Waals surface area (Å²) in [6, 6.07) is 3.95. The topological polar surface area (TPSA) is 83.7 Å². The molecule has 1 amide bonds. The summed E-state index contributed by atoms with van der Waals surface area (Å²) in [5.41, 5.74) is -0.198. The zero-order valence-corrected chi connectivity index (χ0v) is 12.0. The molecule has 1 aromatic carbocycles. The van der Waals surface area contributed by atoms with E-state index in [1.54, 1.807) is 4.90 Å². The van der Waals surface area contributed by atoms with Crippen molar-refractivity contribution >= 4 is 23.2 Å². The van der Waals surface area contributed by atoms with Crippen LogP contribution in [-0.2, 0) is 0 Å². The number of nitro groups is 1. The predicted molar refractivity (Wildman–Crippen MR) is 76.3 cm³/mol. The van der Waals surface area contributed by atoms with Gasteiger partial charge in [0.25, 0.3) is 11.6 Å². The molecule has 2 fully saturated rings. The Hall–Kier alpha value is -1.66. The number of hydrogen-bond acceptors (Lipinski definition) is 4. The van der Waals surface area contributed by atoms with Crippen LogP contribution in [0.2, 0.25) is 5.02 Å². The highest BCUT2D eigenvalue weighted by Crippen LogP contribution is 2.38. The largest absolute Gasteiger partial charge is 0.393 e. The third kappa shape index (κ3) is 2.49. The van der Waals surface area contributed by atoms with Gasteiger partial charge in [0.15, 0.2) is 0 Å². The van der Waals surface area contributed by atoms with E-state index in [0.717, 1.165) is 12.8 Å². The average molecular weight is 311 g/mol. The second-order valence-electron chi connectivity index (χ2n) is 5.64. The van der Waals surface area contributed by atoms with Gasteiger partial charge in [-0.15, -0.1) is 0 Å². The SMILES string of the molecule is O=C(c1cc(Cl)ccc1[N+](=O)[O-])N1C2CCC1CC(O)C2. The van der Waals surface area contributed by atoms with Crippen LogP contribution in [0.25, 0.3) is 0 Å². The summed E-state index contributed by atoms with van der Waals surface area (Å²) in [6.07, 6.45) is 2.36. The van der Waals surface area contributed by atoms with Crippen LogP contribution in [0.5, 0.6) is 0 Å². The first-order chi connectivity index (χ1) is 9.97. The van der Waals surface area contributed by atoms with E-state index in [4.69, 9.17) is 11.6 Å². The van der Waals surface area contributed by atoms with Gasteiger partial charge in [-0.05, 0) is 37.8 Å². The fourth-order valence-electron chi connectivity index (χ4n) is 3.46. The van der Waals surface area contributed by atoms with Crippen molar-refractivity contribution in [3.63, 3.8) is 0 Å². The van der Waals surface area contributed by atoms with Crippen molar-refractivity contribution in [3.05, 3.63) is 38.9 Å². The van der Waals surface area contributed by atoms with Gasteiger partial charge in [0.1, 0.15) is 5.56 Å². The Balaban J connectivity index is 1.96. The van der Waals surface area contributed by atoms with Gasteiger partial charge < -0.3 is 10.0 Å². The Bertz CT molecular complexity index is 593. The smallest absolute Gasteiger partial charge is 0.282 e. The quantitative estimate of drug-likeness (QED) is 0.671. The number of piperidine rings is 1. The second kappa shape index (κ2) is 5.27. The third-order valence-corrected chi connectivity index (χ3v) is 4.56. The fourth-order valence-corrected chi connectivity index (χ4v) is 3.63. The monoisotopic (exact) mass is 310 g/mol. The lowest BCUT2D eigenvalue weighted by Gasteiger charge is -2.37. The summed E-state index contributed by atoms with van der Waals surface area (Å²) in [4.78, 5) is 25.0. The standard InChI is InChI=1S/C14H15ClN2O4/c15-8-1-4-13(17(20)21)12(5-8)14(19)16-9-2-3-10(16)7-11(18)6-9/h1,4-5,9-11,18H,2-3,6-7H2. The number of rotatable bonds is 2. The fraction of sp³-hybridized carbons (Fsp3) is 0.500. The van der Waals surface area contributed by atoms with Crippen molar-refractivity contribution in [2.75, 3.05) is 0 Å². The molecule has 1 N–H and O–H groups in total. The minimum absolute atomic E-state index is 0.0285. The van der Waals surface area contributed by atoms with Crippen molar-refractivity contribution < 1.29 is 14.8 Å². The van der Waals surface area contributed by atoms with Gasteiger partial charge in [-0.1, -0.05) is 11.6 Å². The highest BCUT2D eigenvalue weighted by atomic mass is 35.5. The molecule has 2 aliphatic rings. The van der Waals surface area contributed by atoms with E-state index in [2.05, 4.69) is 0 Å². The Morgan fingerprint density at radius 2 is 1.95 bits per heavy atom. The van der Waals surface area contributed by atoms with Gasteiger partial charge in [0.2, 0.25) is 0 Å². The third-order valence-electron chi connectivity index (χ3n) is 4.33. The molecule has 2 unspecified atom stereocenters. The highest BCUT2D eigenvalue weighted by molar-refractivity contribution is 6.31. The number of carbonyl (C=O) groups excluding carboxylic acids is 1. The van der Waals surface area contributed by atoms with E-state index in [9.17, 15) is 20.0 Å². The molecule has 2 saturated heterocycles. The molecule has 3 rings (SSSR count). The van der Waals surface area contributed by atoms with Crippen LogP contribution in [0.3, 0.4) is 0 Å². The van der Waals surface area contributed by atoms with Gasteiger partial charge in [0, 0.05) is 23.2 Å². The van der Waals surface area contributed by atoms with Crippen LogP contribution < -0.4 is 0 Å². The number of fused-ring (bicyclic) bond motifs is 2. The van der Waals surface area contributed by atoms with Crippen molar-refractivity contribution in [2.45, 2.75) is 43.9 Å². The number of carbonyl (C=O) groups is 1. The number of hydrogen-bond donors (Lipinski definition) is 1. The Kier molecular flexibility index (Phi) is 3.59. The summed E-state index contributed by atoms with van der Waals surface area (Å²) in [7, 11) is 0. The van der Waals surface area contributed by atoms with Crippen molar-refractivity contribution in [2.24, 2.45) is 0 Å². The first kappa shape index (κ1) is 14.3. The van der Waals surface area contributed by atoms with Crippen molar-refractivity contribution in [1.82, 2.24) is 4.90 Å². The molecule has 2 atom stereocenters. The lowest BCUT2D eigenvalue weighted by Crippen LogP contribution is -2.48. The Morgan fingerprint density at radius 3 is 2.52 bits per heavy atom. The zero-order valence-electron chi connectivity index (χ0n) is 11.2. The Labute approximate surface area is 126 Å². The highest BCUT2D eigenvalue weighted by Gasteiger charge is 2.44. The predicted octanol–water partition coefficient (Wildman–Crippen LogP) is 2.38. The van der Waals surface area contributed by atoms with Crippen LogP contribution in [0.1, 0.15) is 36.0 Å². The first-order valence-corrected chi connectivity index (χ1v) is 7.30.